The predicted molar refractivity (Wildman–Crippen MR) is 83.0 cm³/mol. The fourth-order valence-electron chi connectivity index (χ4n) is 2.60. The van der Waals surface area contributed by atoms with Gasteiger partial charge in [0, 0.05) is 22.9 Å². The number of benzene rings is 1. The van der Waals surface area contributed by atoms with Crippen LogP contribution in [0.1, 0.15) is 6.92 Å². The Morgan fingerprint density at radius 1 is 1.00 bits per heavy atom. The maximum atomic E-state index is 5.51. The molecule has 0 aliphatic carbocycles. The van der Waals surface area contributed by atoms with Crippen molar-refractivity contribution in [3.8, 4) is 16.9 Å². The molecule has 0 unspecified atom stereocenters. The van der Waals surface area contributed by atoms with Crippen LogP contribution in [0.2, 0.25) is 0 Å². The molecule has 0 amide bonds. The van der Waals surface area contributed by atoms with Crippen molar-refractivity contribution in [1.82, 2.24) is 0 Å². The second-order valence-corrected chi connectivity index (χ2v) is 5.21. The molecule has 0 aliphatic heterocycles. The zero-order chi connectivity index (χ0) is 14.8. The number of aromatic nitrogens is 2. The summed E-state index contributed by atoms with van der Waals surface area (Å²) < 4.78 is 9.69. The van der Waals surface area contributed by atoms with Crippen LogP contribution >= 0.6 is 0 Å². The summed E-state index contributed by atoms with van der Waals surface area (Å²) in [7, 11) is 3.73. The fourth-order valence-corrected chi connectivity index (χ4v) is 2.60. The topological polar surface area (TPSA) is 17.0 Å². The van der Waals surface area contributed by atoms with Gasteiger partial charge in [-0.2, -0.15) is 0 Å². The minimum atomic E-state index is 0.899. The molecule has 3 heteroatoms. The highest BCUT2D eigenvalue weighted by Gasteiger charge is 2.10. The maximum Gasteiger partial charge on any atom is 0.211 e. The molecule has 0 saturated carbocycles. The zero-order valence-electron chi connectivity index (χ0n) is 12.7. The van der Waals surface area contributed by atoms with Crippen molar-refractivity contribution < 1.29 is 13.9 Å². The summed E-state index contributed by atoms with van der Waals surface area (Å²) in [5.74, 6) is 0.899. The summed E-state index contributed by atoms with van der Waals surface area (Å²) >= 11 is 0. The lowest BCUT2D eigenvalue weighted by atomic mass is 10.0. The molecule has 2 aromatic heterocycles. The molecule has 1 aromatic carbocycles. The molecule has 3 aromatic rings. The van der Waals surface area contributed by atoms with Crippen molar-refractivity contribution >= 4 is 10.8 Å². The lowest BCUT2D eigenvalue weighted by Gasteiger charge is -2.06. The minimum Gasteiger partial charge on any atom is -0.490 e. The Morgan fingerprint density at radius 3 is 2.43 bits per heavy atom. The van der Waals surface area contributed by atoms with E-state index in [0.717, 1.165) is 17.7 Å². The second-order valence-electron chi connectivity index (χ2n) is 5.21. The summed E-state index contributed by atoms with van der Waals surface area (Å²) in [6, 6.07) is 10.8. The summed E-state index contributed by atoms with van der Waals surface area (Å²) in [5.41, 5.74) is 2.43. The van der Waals surface area contributed by atoms with E-state index in [4.69, 9.17) is 4.74 Å². The third kappa shape index (κ3) is 2.59. The van der Waals surface area contributed by atoms with Crippen LogP contribution in [0.5, 0.6) is 5.75 Å². The number of nitrogens with zero attached hydrogens (tertiary/aromatic N) is 2. The van der Waals surface area contributed by atoms with Crippen LogP contribution in [0.15, 0.2) is 55.1 Å². The third-order valence-electron chi connectivity index (χ3n) is 3.79. The Hall–Kier alpha value is -2.42. The summed E-state index contributed by atoms with van der Waals surface area (Å²) in [6.45, 7) is 3.13. The Morgan fingerprint density at radius 2 is 1.76 bits per heavy atom. The number of ether oxygens (including phenoxy) is 1. The van der Waals surface area contributed by atoms with Gasteiger partial charge >= 0.3 is 0 Å². The second kappa shape index (κ2) is 5.52. The van der Waals surface area contributed by atoms with Crippen molar-refractivity contribution in [3.05, 3.63) is 55.1 Å². The number of fused-ring (bicyclic) bond motifs is 1. The average Bonchev–Trinajstić information content (AvgIpc) is 2.53. The van der Waals surface area contributed by atoms with Crippen LogP contribution in [-0.2, 0) is 13.6 Å². The van der Waals surface area contributed by atoms with E-state index in [1.165, 1.54) is 16.5 Å². The highest BCUT2D eigenvalue weighted by atomic mass is 16.5. The molecule has 0 bridgehead atoms. The van der Waals surface area contributed by atoms with Crippen molar-refractivity contribution in [1.29, 1.82) is 0 Å². The molecule has 0 spiro atoms. The molecule has 0 aliphatic rings. The Labute approximate surface area is 125 Å². The first kappa shape index (κ1) is 13.6. The number of aryl methyl sites for hydroxylation is 2. The first-order chi connectivity index (χ1) is 10.2. The van der Waals surface area contributed by atoms with Gasteiger partial charge in [-0.25, -0.2) is 9.13 Å². The molecule has 106 valence electrons. The first-order valence-corrected chi connectivity index (χ1v) is 7.18. The number of hydrogen-bond acceptors (Lipinski definition) is 1. The van der Waals surface area contributed by atoms with Gasteiger partial charge in [-0.05, 0) is 30.2 Å². The van der Waals surface area contributed by atoms with Gasteiger partial charge in [0.15, 0.2) is 24.3 Å². The number of methoxy groups -OCH3 is 1. The summed E-state index contributed by atoms with van der Waals surface area (Å²) in [4.78, 5) is 0. The van der Waals surface area contributed by atoms with Crippen LogP contribution in [0.3, 0.4) is 0 Å². The van der Waals surface area contributed by atoms with Crippen LogP contribution in [0, 0.1) is 0 Å². The quantitative estimate of drug-likeness (QED) is 0.674. The highest BCUT2D eigenvalue weighted by Crippen LogP contribution is 2.28. The zero-order valence-corrected chi connectivity index (χ0v) is 12.7. The molecule has 3 rings (SSSR count). The summed E-state index contributed by atoms with van der Waals surface area (Å²) in [6.07, 6.45) is 8.34. The molecule has 0 fully saturated rings. The van der Waals surface area contributed by atoms with E-state index in [1.807, 2.05) is 17.8 Å². The first-order valence-electron chi connectivity index (χ1n) is 7.18. The minimum absolute atomic E-state index is 0.899. The standard InChI is InChI=1S/C18H20N2O/c1-4-20-9-7-14(8-10-20)15-5-6-16-12-19(2)13-18(21-3)17(16)11-15/h5-13H,4H2,1-3H3/q+2. The molecular formula is C18H20N2O+2. The van der Waals surface area contributed by atoms with Crippen molar-refractivity contribution in [2.45, 2.75) is 13.5 Å². The number of pyridine rings is 2. The van der Waals surface area contributed by atoms with E-state index in [1.54, 1.807) is 7.11 Å². The monoisotopic (exact) mass is 280 g/mol. The average molecular weight is 280 g/mol. The highest BCUT2D eigenvalue weighted by molar-refractivity contribution is 5.90. The van der Waals surface area contributed by atoms with Crippen LogP contribution in [-0.4, -0.2) is 7.11 Å². The van der Waals surface area contributed by atoms with Crippen LogP contribution in [0.25, 0.3) is 21.9 Å². The molecule has 0 saturated heterocycles. The van der Waals surface area contributed by atoms with Crippen molar-refractivity contribution in [2.24, 2.45) is 7.05 Å². The number of hydrogen-bond donors (Lipinski definition) is 0. The van der Waals surface area contributed by atoms with E-state index in [2.05, 4.69) is 60.4 Å². The van der Waals surface area contributed by atoms with E-state index in [9.17, 15) is 0 Å². The Bertz CT molecular complexity index is 779. The smallest absolute Gasteiger partial charge is 0.211 e. The van der Waals surface area contributed by atoms with E-state index >= 15 is 0 Å². The van der Waals surface area contributed by atoms with E-state index in [-0.39, 0.29) is 0 Å². The molecular weight excluding hydrogens is 260 g/mol. The predicted octanol–water partition coefficient (Wildman–Crippen LogP) is 2.65. The lowest BCUT2D eigenvalue weighted by Crippen LogP contribution is -2.30. The summed E-state index contributed by atoms with van der Waals surface area (Å²) in [5, 5.41) is 2.32. The van der Waals surface area contributed by atoms with Gasteiger partial charge in [-0.1, -0.05) is 6.07 Å². The molecule has 2 heterocycles. The van der Waals surface area contributed by atoms with Crippen molar-refractivity contribution in [2.75, 3.05) is 7.11 Å². The molecule has 0 radical (unpaired) electrons. The molecule has 0 N–H and O–H groups in total. The molecule has 21 heavy (non-hydrogen) atoms. The van der Waals surface area contributed by atoms with Crippen LogP contribution in [0.4, 0.5) is 0 Å². The van der Waals surface area contributed by atoms with Gasteiger partial charge in [-0.3, -0.25) is 0 Å². The van der Waals surface area contributed by atoms with Gasteiger partial charge in [-0.15, -0.1) is 0 Å². The van der Waals surface area contributed by atoms with Gasteiger partial charge in [0.05, 0.1) is 7.11 Å². The van der Waals surface area contributed by atoms with Gasteiger partial charge in [0.2, 0.25) is 6.20 Å². The Balaban J connectivity index is 2.13. The lowest BCUT2D eigenvalue weighted by molar-refractivity contribution is -0.693. The number of rotatable bonds is 3. The fraction of sp³-hybridized carbons (Fsp3) is 0.222. The third-order valence-corrected chi connectivity index (χ3v) is 3.79. The largest absolute Gasteiger partial charge is 0.490 e. The van der Waals surface area contributed by atoms with Gasteiger partial charge < -0.3 is 4.74 Å². The van der Waals surface area contributed by atoms with Gasteiger partial charge in [0.25, 0.3) is 0 Å². The SMILES string of the molecule is CC[n+]1ccc(-c2ccc3c[n+](C)cc(OC)c3c2)cc1. The molecule has 0 atom stereocenters. The molecule has 3 nitrogen and oxygen atoms in total. The maximum absolute atomic E-state index is 5.51. The van der Waals surface area contributed by atoms with Gasteiger partial charge in [0.1, 0.15) is 13.6 Å². The Kier molecular flexibility index (Phi) is 3.57. The van der Waals surface area contributed by atoms with Crippen molar-refractivity contribution in [3.63, 3.8) is 0 Å². The van der Waals surface area contributed by atoms with E-state index < -0.39 is 0 Å². The van der Waals surface area contributed by atoms with E-state index in [0.29, 0.717) is 0 Å². The van der Waals surface area contributed by atoms with Crippen LogP contribution < -0.4 is 13.9 Å². The normalized spacial score (nSPS) is 10.8.